The number of carbonyl (C=O) groups is 1. The van der Waals surface area contributed by atoms with E-state index < -0.39 is 5.97 Å². The summed E-state index contributed by atoms with van der Waals surface area (Å²) >= 11 is 0. The van der Waals surface area contributed by atoms with Gasteiger partial charge in [0.05, 0.1) is 5.92 Å². The molecule has 0 saturated carbocycles. The number of carboxylic acid groups (broad SMARTS) is 1. The SMILES string of the molecule is O=C(O)C1CCN(CCCCN2C=CC3=C(CCC=C3)c3ccccc32)CC1. The normalized spacial score (nSPS) is 20.1. The maximum Gasteiger partial charge on any atom is 0.306 e. The lowest BCUT2D eigenvalue weighted by Crippen LogP contribution is -2.37. The molecule has 0 aromatic heterocycles. The first-order valence-corrected chi connectivity index (χ1v) is 10.6. The van der Waals surface area contributed by atoms with Crippen molar-refractivity contribution in [1.82, 2.24) is 4.90 Å². The maximum absolute atomic E-state index is 11.1. The van der Waals surface area contributed by atoms with Crippen molar-refractivity contribution in [2.24, 2.45) is 5.92 Å². The summed E-state index contributed by atoms with van der Waals surface area (Å²) in [5, 5.41) is 9.12. The molecule has 0 atom stereocenters. The van der Waals surface area contributed by atoms with Gasteiger partial charge in [0.15, 0.2) is 0 Å². The molecule has 0 bridgehead atoms. The highest BCUT2D eigenvalue weighted by Gasteiger charge is 2.24. The lowest BCUT2D eigenvalue weighted by molar-refractivity contribution is -0.143. The third kappa shape index (κ3) is 4.22. The number of carboxylic acids is 1. The molecule has 1 saturated heterocycles. The molecular formula is C24H30N2O2. The first-order valence-electron chi connectivity index (χ1n) is 10.6. The van der Waals surface area contributed by atoms with Crippen molar-refractivity contribution in [2.75, 3.05) is 31.1 Å². The molecule has 148 valence electrons. The first kappa shape index (κ1) is 19.0. The molecule has 1 N–H and O–H groups in total. The molecule has 4 heteroatoms. The number of hydrogen-bond acceptors (Lipinski definition) is 3. The highest BCUT2D eigenvalue weighted by atomic mass is 16.4. The number of para-hydroxylation sites is 1. The van der Waals surface area contributed by atoms with Gasteiger partial charge in [0.2, 0.25) is 0 Å². The van der Waals surface area contributed by atoms with E-state index in [0.717, 1.165) is 64.7 Å². The molecule has 4 nitrogen and oxygen atoms in total. The van der Waals surface area contributed by atoms with E-state index in [1.807, 2.05) is 0 Å². The van der Waals surface area contributed by atoms with Crippen molar-refractivity contribution in [3.05, 3.63) is 59.8 Å². The smallest absolute Gasteiger partial charge is 0.306 e. The number of allylic oxidation sites excluding steroid dienone is 5. The second kappa shape index (κ2) is 8.78. The van der Waals surface area contributed by atoms with Crippen molar-refractivity contribution in [3.8, 4) is 0 Å². The number of fused-ring (bicyclic) bond motifs is 2. The van der Waals surface area contributed by atoms with E-state index in [2.05, 4.69) is 58.5 Å². The Balaban J connectivity index is 1.32. The Morgan fingerprint density at radius 3 is 2.68 bits per heavy atom. The fraction of sp³-hybridized carbons (Fsp3) is 0.458. The van der Waals surface area contributed by atoms with E-state index in [4.69, 9.17) is 5.11 Å². The molecule has 28 heavy (non-hydrogen) atoms. The van der Waals surface area contributed by atoms with Crippen LogP contribution in [-0.4, -0.2) is 42.2 Å². The van der Waals surface area contributed by atoms with Crippen LogP contribution in [0.1, 0.15) is 44.1 Å². The Labute approximate surface area is 167 Å². The molecule has 1 aromatic rings. The molecule has 1 aromatic carbocycles. The second-order valence-electron chi connectivity index (χ2n) is 8.06. The van der Waals surface area contributed by atoms with E-state index in [1.165, 1.54) is 22.4 Å². The largest absolute Gasteiger partial charge is 0.481 e. The van der Waals surface area contributed by atoms with Crippen LogP contribution in [0.3, 0.4) is 0 Å². The van der Waals surface area contributed by atoms with Crippen molar-refractivity contribution >= 4 is 17.2 Å². The zero-order valence-electron chi connectivity index (χ0n) is 16.5. The minimum Gasteiger partial charge on any atom is -0.481 e. The molecule has 0 unspecified atom stereocenters. The standard InChI is InChI=1S/C24H30N2O2/c27-24(28)20-11-16-25(17-12-20)14-5-6-15-26-18-13-19-7-1-2-8-21(19)22-9-3-4-10-23(22)26/h1,3-4,7,9-10,13,18,20H,2,5-6,8,11-12,14-17H2,(H,27,28). The van der Waals surface area contributed by atoms with Gasteiger partial charge in [-0.1, -0.05) is 30.4 Å². The Morgan fingerprint density at radius 2 is 1.86 bits per heavy atom. The zero-order chi connectivity index (χ0) is 19.3. The Hall–Kier alpha value is -2.33. The van der Waals surface area contributed by atoms with Crippen molar-refractivity contribution in [3.63, 3.8) is 0 Å². The van der Waals surface area contributed by atoms with E-state index in [1.54, 1.807) is 0 Å². The van der Waals surface area contributed by atoms with Crippen LogP contribution in [0.15, 0.2) is 54.3 Å². The number of hydrogen-bond donors (Lipinski definition) is 1. The van der Waals surface area contributed by atoms with Gasteiger partial charge in [-0.2, -0.15) is 0 Å². The highest BCUT2D eigenvalue weighted by molar-refractivity contribution is 5.84. The van der Waals surface area contributed by atoms with Crippen molar-refractivity contribution < 1.29 is 9.90 Å². The minimum absolute atomic E-state index is 0.137. The third-order valence-corrected chi connectivity index (χ3v) is 6.24. The summed E-state index contributed by atoms with van der Waals surface area (Å²) in [4.78, 5) is 15.9. The van der Waals surface area contributed by atoms with Gasteiger partial charge in [-0.25, -0.2) is 0 Å². The number of aliphatic carboxylic acids is 1. The van der Waals surface area contributed by atoms with E-state index >= 15 is 0 Å². The molecule has 3 aliphatic rings. The lowest BCUT2D eigenvalue weighted by Gasteiger charge is -2.30. The van der Waals surface area contributed by atoms with Gasteiger partial charge in [0.25, 0.3) is 0 Å². The number of piperidine rings is 1. The van der Waals surface area contributed by atoms with Crippen LogP contribution in [-0.2, 0) is 4.79 Å². The predicted octanol–water partition coefficient (Wildman–Crippen LogP) is 4.70. The number of unbranched alkanes of at least 4 members (excludes halogenated alkanes) is 1. The Bertz CT molecular complexity index is 801. The van der Waals surface area contributed by atoms with Gasteiger partial charge in [0, 0.05) is 24.0 Å². The number of anilines is 1. The fourth-order valence-corrected chi connectivity index (χ4v) is 4.58. The number of benzene rings is 1. The second-order valence-corrected chi connectivity index (χ2v) is 8.06. The fourth-order valence-electron chi connectivity index (χ4n) is 4.58. The number of rotatable bonds is 6. The summed E-state index contributed by atoms with van der Waals surface area (Å²) in [6.45, 7) is 3.94. The molecular weight excluding hydrogens is 348 g/mol. The summed E-state index contributed by atoms with van der Waals surface area (Å²) in [5.41, 5.74) is 5.52. The van der Waals surface area contributed by atoms with Crippen molar-refractivity contribution in [1.29, 1.82) is 0 Å². The first-order chi connectivity index (χ1) is 13.7. The van der Waals surface area contributed by atoms with E-state index in [0.29, 0.717) is 0 Å². The summed E-state index contributed by atoms with van der Waals surface area (Å²) in [5.74, 6) is -0.764. The van der Waals surface area contributed by atoms with Gasteiger partial charge >= 0.3 is 5.97 Å². The summed E-state index contributed by atoms with van der Waals surface area (Å²) < 4.78 is 0. The molecule has 1 aliphatic carbocycles. The Kier molecular flexibility index (Phi) is 5.96. The summed E-state index contributed by atoms with van der Waals surface area (Å²) in [6.07, 6.45) is 15.2. The van der Waals surface area contributed by atoms with Gasteiger partial charge < -0.3 is 14.9 Å². The minimum atomic E-state index is -0.627. The topological polar surface area (TPSA) is 43.8 Å². The van der Waals surface area contributed by atoms with Crippen LogP contribution in [0.5, 0.6) is 0 Å². The van der Waals surface area contributed by atoms with Gasteiger partial charge in [-0.15, -0.1) is 0 Å². The van der Waals surface area contributed by atoms with Crippen molar-refractivity contribution in [2.45, 2.75) is 38.5 Å². The molecule has 0 radical (unpaired) electrons. The predicted molar refractivity (Wildman–Crippen MR) is 114 cm³/mol. The van der Waals surface area contributed by atoms with Crippen LogP contribution in [0.2, 0.25) is 0 Å². The van der Waals surface area contributed by atoms with Crippen LogP contribution < -0.4 is 4.90 Å². The average molecular weight is 379 g/mol. The quantitative estimate of drug-likeness (QED) is 0.729. The van der Waals surface area contributed by atoms with Gasteiger partial charge in [0.1, 0.15) is 0 Å². The molecule has 2 heterocycles. The molecule has 0 spiro atoms. The Morgan fingerprint density at radius 1 is 1.07 bits per heavy atom. The number of nitrogens with zero attached hydrogens (tertiary/aromatic N) is 2. The van der Waals surface area contributed by atoms with Crippen LogP contribution in [0.4, 0.5) is 5.69 Å². The van der Waals surface area contributed by atoms with Gasteiger partial charge in [-0.3, -0.25) is 4.79 Å². The monoisotopic (exact) mass is 378 g/mol. The third-order valence-electron chi connectivity index (χ3n) is 6.24. The number of likely N-dealkylation sites (tertiary alicyclic amines) is 1. The molecule has 0 amide bonds. The van der Waals surface area contributed by atoms with E-state index in [9.17, 15) is 4.79 Å². The zero-order valence-corrected chi connectivity index (χ0v) is 16.5. The van der Waals surface area contributed by atoms with Crippen LogP contribution in [0, 0.1) is 5.92 Å². The van der Waals surface area contributed by atoms with Crippen LogP contribution >= 0.6 is 0 Å². The highest BCUT2D eigenvalue weighted by Crippen LogP contribution is 2.37. The summed E-state index contributed by atoms with van der Waals surface area (Å²) in [6, 6.07) is 8.78. The summed E-state index contributed by atoms with van der Waals surface area (Å²) in [7, 11) is 0. The molecule has 1 fully saturated rings. The molecule has 4 rings (SSSR count). The maximum atomic E-state index is 11.1. The lowest BCUT2D eigenvalue weighted by atomic mass is 9.91. The van der Waals surface area contributed by atoms with Crippen LogP contribution in [0.25, 0.3) is 5.57 Å². The average Bonchev–Trinajstić information content (AvgIpc) is 2.89. The molecule has 2 aliphatic heterocycles. The van der Waals surface area contributed by atoms with Gasteiger partial charge in [-0.05, 0) is 81.4 Å². The van der Waals surface area contributed by atoms with E-state index in [-0.39, 0.29) is 5.92 Å².